The standard InChI is InChI=1S/C37H42FN7O4.C37H40FN7O4.C35H39FN6O5.CH4.FH.H2/c2*1-36(2,3)49-35(47)45-24-12-13-37(45,14-15-39-4)22-44(20-24)33-29-19-40-31(28-18-26(46)17-23-9-6-7-11-27(23)28)30(38)32(29)41-34(42-33)48-21-25-10-8-16-43(25)5;1-34(2,3)47-33(45)42-22-11-12-35(42,20-43)19-41(17-22)31-27-16-37-29(26-15-24(44)14-21-8-5-6-10-25(21)26)28(36)30(27)38-32(39-31)46-18-23-9-7-13-40(23)4;;;/h6-7,9,11,17-19,24-25,46H,8,10,12-16,20-22H2,1-3,5H3;6-7,9,11,14-15,17-19,24-25,46H,8,10,12-13,16,20-22H2,1-3,5H3;5-6,8,10,14-16,20,22-23,44H,7,9,11-13,17-19H2,1-4H3;1H4;2*1H/t2*24?,25-,37?;22?,23-,35?;;;/m000.../s1. The average Bonchev–Trinajstić information content (AvgIpc) is 1.58. The molecule has 6 bridgehead atoms. The lowest BCUT2D eigenvalue weighted by Crippen LogP contribution is -2.65. The van der Waals surface area contributed by atoms with Crippen LogP contribution < -0.4 is 28.9 Å². The number of phenols is 3. The van der Waals surface area contributed by atoms with E-state index in [4.69, 9.17) is 56.5 Å². The van der Waals surface area contributed by atoms with Crippen LogP contribution in [-0.4, -0.2) is 290 Å². The van der Waals surface area contributed by atoms with Crippen LogP contribution in [-0.2, 0) is 19.0 Å². The number of likely N-dealkylation sites (tertiary alicyclic amines) is 3. The predicted molar refractivity (Wildman–Crippen MR) is 556 cm³/mol. The molecular formula is C110H128F4N20O13. The molecule has 9 saturated heterocycles. The summed E-state index contributed by atoms with van der Waals surface area (Å²) in [4.78, 5) is 120. The molecule has 15 heterocycles. The number of carbonyl (C=O) groups is 4. The van der Waals surface area contributed by atoms with E-state index in [-0.39, 0.29) is 138 Å². The maximum Gasteiger partial charge on any atom is 0.411 e. The number of aromatic hydroxyl groups is 3. The Labute approximate surface area is 852 Å². The third-order valence-corrected chi connectivity index (χ3v) is 29.5. The molecule has 0 radical (unpaired) electrons. The lowest BCUT2D eigenvalue weighted by atomic mass is 9.90. The van der Waals surface area contributed by atoms with Crippen LogP contribution in [0.25, 0.3) is 108 Å². The minimum absolute atomic E-state index is 0. The zero-order valence-corrected chi connectivity index (χ0v) is 84.1. The summed E-state index contributed by atoms with van der Waals surface area (Å²) >= 11 is 0. The van der Waals surface area contributed by atoms with Crippen molar-refractivity contribution in [3.8, 4) is 69.1 Å². The first-order chi connectivity index (χ1) is 69.4. The van der Waals surface area contributed by atoms with Gasteiger partial charge in [-0.05, 0) is 249 Å². The molecule has 3 amide bonds. The minimum atomic E-state index is -1.14. The summed E-state index contributed by atoms with van der Waals surface area (Å²) in [5, 5.41) is 37.2. The summed E-state index contributed by atoms with van der Waals surface area (Å²) in [6.45, 7) is 37.7. The fourth-order valence-electron chi connectivity index (χ4n) is 22.7. The van der Waals surface area contributed by atoms with Gasteiger partial charge in [-0.1, -0.05) is 86.3 Å². The summed E-state index contributed by atoms with van der Waals surface area (Å²) < 4.78 is 86.4. The van der Waals surface area contributed by atoms with Gasteiger partial charge in [0.05, 0.1) is 51.9 Å². The maximum absolute atomic E-state index is 16.9. The SMILES string of the molecule is C.CN1CCC[C@H]1COc1nc(N2CC3CCC(C=O)(C2)N3C(=O)OC(C)(C)C)c2cnc(-c3cc(O)cc4ccccc34)c(F)c2n1.F.[C-]#[N+]C=CC12CCC(CN(c3nc(OC[C@@H]4CCCN4C)nc4c(F)c(-c5cc(O)cc6ccccc56)ncc34)C1)N2C(=O)OC(C)(C)C.[C-]#[N+]CCC12CCC(CN(c3nc(OC[C@@H]4CCCN4C)nc4c(F)c(-c5cc(O)cc6ccccc56)ncc34)C1)N2C(=O)OC(C)(C)C.[HH]. The van der Waals surface area contributed by atoms with Crippen molar-refractivity contribution >= 4 is 107 Å². The Morgan fingerprint density at radius 1 is 0.463 bits per heavy atom. The topological polar surface area (TPSA) is 338 Å². The third kappa shape index (κ3) is 20.8. The second-order valence-corrected chi connectivity index (χ2v) is 42.8. The minimum Gasteiger partial charge on any atom is -0.508 e. The van der Waals surface area contributed by atoms with Gasteiger partial charge in [-0.2, -0.15) is 29.9 Å². The van der Waals surface area contributed by atoms with Crippen molar-refractivity contribution in [2.45, 2.75) is 223 Å². The first-order valence-corrected chi connectivity index (χ1v) is 49.8. The van der Waals surface area contributed by atoms with E-state index in [2.05, 4.69) is 73.3 Å². The molecule has 3 N–H and O–H groups in total. The number of anilines is 3. The van der Waals surface area contributed by atoms with Crippen LogP contribution in [0.2, 0.25) is 0 Å². The number of pyridine rings is 3. The molecule has 0 saturated carbocycles. The number of carbonyl (C=O) groups excluding carboxylic acids is 4. The van der Waals surface area contributed by atoms with Gasteiger partial charge in [-0.25, -0.2) is 39.0 Å². The number of phenolic OH excluding ortho intramolecular Hbond substituents is 3. The van der Waals surface area contributed by atoms with Gasteiger partial charge in [-0.3, -0.25) is 34.4 Å². The van der Waals surface area contributed by atoms with E-state index < -0.39 is 63.1 Å². The van der Waals surface area contributed by atoms with Gasteiger partial charge in [0, 0.05) is 101 Å². The lowest BCUT2D eigenvalue weighted by Gasteiger charge is -2.48. The molecule has 6 aromatic carbocycles. The van der Waals surface area contributed by atoms with E-state index in [1.54, 1.807) is 67.2 Å². The molecule has 0 spiro atoms. The van der Waals surface area contributed by atoms with Gasteiger partial charge in [0.25, 0.3) is 0 Å². The Morgan fingerprint density at radius 2 is 0.796 bits per heavy atom. The molecule has 9 atom stereocenters. The number of piperazine rings is 3. The molecule has 9 aliphatic heterocycles. The number of nitrogens with zero attached hydrogens (tertiary/aromatic N) is 20. The number of aromatic nitrogens is 9. The number of amides is 3. The first kappa shape index (κ1) is 104. The number of ether oxygens (including phenoxy) is 6. The number of fused-ring (bicyclic) bond motifs is 12. The molecule has 21 rings (SSSR count). The van der Waals surface area contributed by atoms with Crippen LogP contribution >= 0.6 is 0 Å². The highest BCUT2D eigenvalue weighted by Gasteiger charge is 2.59. The Hall–Kier alpha value is -14.4. The molecular weight excluding hydrogens is 1890 g/mol. The Morgan fingerprint density at radius 3 is 1.14 bits per heavy atom. The zero-order chi connectivity index (χ0) is 102. The average molecular weight is 2010 g/mol. The summed E-state index contributed by atoms with van der Waals surface area (Å²) in [6, 6.07) is 31.7. The van der Waals surface area contributed by atoms with Crippen molar-refractivity contribution in [2.24, 2.45) is 0 Å². The van der Waals surface area contributed by atoms with Crippen LogP contribution in [0, 0.1) is 30.6 Å². The maximum atomic E-state index is 16.9. The molecule has 9 aliphatic rings. The van der Waals surface area contributed by atoms with Crippen LogP contribution in [0.15, 0.2) is 140 Å². The number of benzene rings is 6. The van der Waals surface area contributed by atoms with Gasteiger partial charge in [0.2, 0.25) is 6.54 Å². The number of halogens is 4. The van der Waals surface area contributed by atoms with Crippen molar-refractivity contribution in [3.63, 3.8) is 0 Å². The summed E-state index contributed by atoms with van der Waals surface area (Å²) in [5.74, 6) is -0.682. The number of likely N-dealkylation sites (N-methyl/N-ethyl adjacent to an activating group) is 3. The van der Waals surface area contributed by atoms with E-state index in [0.29, 0.717) is 141 Å². The molecule has 12 aromatic rings. The van der Waals surface area contributed by atoms with Crippen molar-refractivity contribution in [1.29, 1.82) is 0 Å². The van der Waals surface area contributed by atoms with E-state index in [1.807, 2.05) is 136 Å². The summed E-state index contributed by atoms with van der Waals surface area (Å²) in [6.07, 6.45) is 17.8. The molecule has 774 valence electrons. The van der Waals surface area contributed by atoms with Crippen molar-refractivity contribution in [2.75, 3.05) is 121 Å². The van der Waals surface area contributed by atoms with Crippen molar-refractivity contribution in [1.82, 2.24) is 74.3 Å². The van der Waals surface area contributed by atoms with Gasteiger partial charge >= 0.3 is 36.3 Å². The molecule has 9 fully saturated rings. The van der Waals surface area contributed by atoms with Crippen molar-refractivity contribution < 1.29 is 82.2 Å². The van der Waals surface area contributed by atoms with Crippen LogP contribution in [0.3, 0.4) is 0 Å². The lowest BCUT2D eigenvalue weighted by molar-refractivity contribution is -0.118. The monoisotopic (exact) mass is 2010 g/mol. The third-order valence-electron chi connectivity index (χ3n) is 29.5. The smallest absolute Gasteiger partial charge is 0.411 e. The van der Waals surface area contributed by atoms with E-state index in [1.165, 1.54) is 30.6 Å². The number of aldehydes is 1. The van der Waals surface area contributed by atoms with Gasteiger partial charge in [0.15, 0.2) is 23.7 Å². The van der Waals surface area contributed by atoms with Crippen molar-refractivity contribution in [3.05, 3.63) is 180 Å². The predicted octanol–water partition coefficient (Wildman–Crippen LogP) is 19.3. The van der Waals surface area contributed by atoms with Crippen LogP contribution in [0.5, 0.6) is 35.3 Å². The molecule has 147 heavy (non-hydrogen) atoms. The van der Waals surface area contributed by atoms with Gasteiger partial charge < -0.3 is 82.8 Å². The van der Waals surface area contributed by atoms with E-state index >= 15 is 13.2 Å². The number of rotatable bonds is 19. The molecule has 6 aromatic heterocycles. The number of hydrogen-bond acceptors (Lipinski definition) is 28. The second kappa shape index (κ2) is 41.5. The highest BCUT2D eigenvalue weighted by molar-refractivity contribution is 6.04. The molecule has 6 unspecified atom stereocenters. The number of hydrogen-bond donors (Lipinski definition) is 3. The van der Waals surface area contributed by atoms with E-state index in [0.717, 1.165) is 103 Å². The normalized spacial score (nSPS) is 22.5. The fourth-order valence-corrected chi connectivity index (χ4v) is 22.7. The second-order valence-electron chi connectivity index (χ2n) is 42.8. The van der Waals surface area contributed by atoms with Gasteiger partial charge in [0.1, 0.15) is 117 Å². The highest BCUT2D eigenvalue weighted by atomic mass is 19.1. The molecule has 37 heteroatoms. The quantitative estimate of drug-likeness (QED) is 0.0293. The summed E-state index contributed by atoms with van der Waals surface area (Å²) in [5.41, 5.74) is -3.11. The van der Waals surface area contributed by atoms with E-state index in [9.17, 15) is 34.5 Å². The largest absolute Gasteiger partial charge is 0.508 e. The van der Waals surface area contributed by atoms with Crippen LogP contribution in [0.1, 0.15) is 155 Å². The Kier molecular flexibility index (Phi) is 29.3. The fraction of sp³-hybridized carbons (Fsp3) is 0.464. The van der Waals surface area contributed by atoms with Gasteiger partial charge in [-0.15, -0.1) is 0 Å². The van der Waals surface area contributed by atoms with Crippen LogP contribution in [0.4, 0.5) is 49.7 Å². The first-order valence-electron chi connectivity index (χ1n) is 49.8. The molecule has 33 nitrogen and oxygen atoms in total. The summed E-state index contributed by atoms with van der Waals surface area (Å²) in [7, 11) is 6.16. The Balaban J connectivity index is 0.000000157. The Bertz CT molecular complexity index is 7190. The highest BCUT2D eigenvalue weighted by Crippen LogP contribution is 2.51. The molecule has 0 aliphatic carbocycles. The zero-order valence-electron chi connectivity index (χ0n) is 84.1.